The number of thioether (sulfide) groups is 1. The molecule has 100 valence electrons. The lowest BCUT2D eigenvalue weighted by Gasteiger charge is -2.29. The van der Waals surface area contributed by atoms with Gasteiger partial charge in [-0.1, -0.05) is 20.8 Å². The molecule has 18 heavy (non-hydrogen) atoms. The molecule has 1 aromatic rings. The Morgan fingerprint density at radius 3 is 2.44 bits per heavy atom. The van der Waals surface area contributed by atoms with Crippen molar-refractivity contribution in [2.45, 2.75) is 26.2 Å². The minimum absolute atomic E-state index is 0.0217. The van der Waals surface area contributed by atoms with Crippen molar-refractivity contribution < 1.29 is 0 Å². The number of nitrogens with one attached hydrogen (secondary N) is 1. The summed E-state index contributed by atoms with van der Waals surface area (Å²) in [5.74, 6) is 5.23. The zero-order chi connectivity index (χ0) is 13.2. The molecule has 0 unspecified atom stereocenters. The van der Waals surface area contributed by atoms with E-state index in [9.17, 15) is 0 Å². The highest BCUT2D eigenvalue weighted by Crippen LogP contribution is 2.25. The van der Waals surface area contributed by atoms with Gasteiger partial charge in [0.05, 0.1) is 0 Å². The van der Waals surface area contributed by atoms with Crippen molar-refractivity contribution in [3.8, 4) is 0 Å². The second kappa shape index (κ2) is 5.34. The van der Waals surface area contributed by atoms with Gasteiger partial charge in [-0.3, -0.25) is 0 Å². The van der Waals surface area contributed by atoms with Crippen LogP contribution in [0.5, 0.6) is 0 Å². The predicted molar refractivity (Wildman–Crippen MR) is 79.8 cm³/mol. The molecule has 1 fully saturated rings. The van der Waals surface area contributed by atoms with Crippen molar-refractivity contribution in [1.29, 1.82) is 0 Å². The molecule has 1 aromatic heterocycles. The number of rotatable bonds is 2. The quantitative estimate of drug-likeness (QED) is 0.890. The maximum atomic E-state index is 4.74. The van der Waals surface area contributed by atoms with Gasteiger partial charge in [0.25, 0.3) is 0 Å². The minimum atomic E-state index is -0.0217. The molecule has 2 rings (SSSR count). The van der Waals surface area contributed by atoms with Crippen LogP contribution in [0.3, 0.4) is 0 Å². The third-order valence-corrected chi connectivity index (χ3v) is 3.92. The van der Waals surface area contributed by atoms with E-state index in [0.717, 1.165) is 30.5 Å². The summed E-state index contributed by atoms with van der Waals surface area (Å²) in [6.45, 7) is 8.61. The van der Waals surface area contributed by atoms with Crippen LogP contribution in [0, 0.1) is 0 Å². The third-order valence-electron chi connectivity index (χ3n) is 2.97. The maximum absolute atomic E-state index is 4.74. The van der Waals surface area contributed by atoms with Crippen LogP contribution in [0.15, 0.2) is 6.07 Å². The molecule has 0 spiro atoms. The first kappa shape index (κ1) is 13.5. The number of hydrogen-bond acceptors (Lipinski definition) is 5. The smallest absolute Gasteiger partial charge is 0.138 e. The van der Waals surface area contributed by atoms with Gasteiger partial charge in [-0.2, -0.15) is 11.8 Å². The van der Waals surface area contributed by atoms with Gasteiger partial charge in [0, 0.05) is 43.1 Å². The van der Waals surface area contributed by atoms with Crippen molar-refractivity contribution in [2.24, 2.45) is 0 Å². The van der Waals surface area contributed by atoms with E-state index in [1.54, 1.807) is 0 Å². The average molecular weight is 266 g/mol. The number of aromatic nitrogens is 2. The SMILES string of the molecule is CNc1cc(N2CCSCC2)nc(C(C)(C)C)n1. The molecule has 5 heteroatoms. The highest BCUT2D eigenvalue weighted by Gasteiger charge is 2.21. The fourth-order valence-corrected chi connectivity index (χ4v) is 2.76. The lowest BCUT2D eigenvalue weighted by atomic mass is 9.96. The van der Waals surface area contributed by atoms with Gasteiger partial charge in [0.15, 0.2) is 0 Å². The van der Waals surface area contributed by atoms with Gasteiger partial charge < -0.3 is 10.2 Å². The molecular weight excluding hydrogens is 244 g/mol. The van der Waals surface area contributed by atoms with E-state index in [4.69, 9.17) is 4.98 Å². The topological polar surface area (TPSA) is 41.0 Å². The maximum Gasteiger partial charge on any atom is 0.138 e. The summed E-state index contributed by atoms with van der Waals surface area (Å²) < 4.78 is 0. The van der Waals surface area contributed by atoms with E-state index in [0.29, 0.717) is 0 Å². The lowest BCUT2D eigenvalue weighted by molar-refractivity contribution is 0.545. The molecule has 0 aliphatic carbocycles. The first-order chi connectivity index (χ1) is 8.50. The van der Waals surface area contributed by atoms with Gasteiger partial charge in [-0.25, -0.2) is 9.97 Å². The van der Waals surface area contributed by atoms with Crippen molar-refractivity contribution in [2.75, 3.05) is 41.9 Å². The van der Waals surface area contributed by atoms with E-state index in [-0.39, 0.29) is 5.41 Å². The molecule has 4 nitrogen and oxygen atoms in total. The van der Waals surface area contributed by atoms with Crippen molar-refractivity contribution in [3.63, 3.8) is 0 Å². The van der Waals surface area contributed by atoms with Gasteiger partial charge in [-0.15, -0.1) is 0 Å². The van der Waals surface area contributed by atoms with E-state index in [1.807, 2.05) is 24.9 Å². The van der Waals surface area contributed by atoms with Gasteiger partial charge >= 0.3 is 0 Å². The molecule has 1 saturated heterocycles. The second-order valence-corrected chi connectivity index (χ2v) is 6.76. The highest BCUT2D eigenvalue weighted by molar-refractivity contribution is 7.99. The first-order valence-corrected chi connectivity index (χ1v) is 7.56. The summed E-state index contributed by atoms with van der Waals surface area (Å²) in [5, 5.41) is 3.14. The van der Waals surface area contributed by atoms with Gasteiger partial charge in [0.1, 0.15) is 17.5 Å². The molecule has 1 aliphatic heterocycles. The molecule has 0 amide bonds. The monoisotopic (exact) mass is 266 g/mol. The zero-order valence-corrected chi connectivity index (χ0v) is 12.5. The van der Waals surface area contributed by atoms with Crippen LogP contribution < -0.4 is 10.2 Å². The Bertz CT molecular complexity index is 408. The molecule has 0 radical (unpaired) electrons. The van der Waals surface area contributed by atoms with Crippen LogP contribution in [-0.2, 0) is 5.41 Å². The summed E-state index contributed by atoms with van der Waals surface area (Å²) in [4.78, 5) is 11.7. The van der Waals surface area contributed by atoms with E-state index >= 15 is 0 Å². The summed E-state index contributed by atoms with van der Waals surface area (Å²) in [5.41, 5.74) is -0.0217. The van der Waals surface area contributed by atoms with Crippen molar-refractivity contribution >= 4 is 23.4 Å². The summed E-state index contributed by atoms with van der Waals surface area (Å²) in [7, 11) is 1.91. The summed E-state index contributed by atoms with van der Waals surface area (Å²) in [6.07, 6.45) is 0. The van der Waals surface area contributed by atoms with Gasteiger partial charge in [0.2, 0.25) is 0 Å². The molecule has 2 heterocycles. The average Bonchev–Trinajstić information content (AvgIpc) is 2.38. The van der Waals surface area contributed by atoms with Crippen LogP contribution >= 0.6 is 11.8 Å². The van der Waals surface area contributed by atoms with Crippen LogP contribution in [0.2, 0.25) is 0 Å². The fraction of sp³-hybridized carbons (Fsp3) is 0.692. The number of anilines is 2. The fourth-order valence-electron chi connectivity index (χ4n) is 1.85. The summed E-state index contributed by atoms with van der Waals surface area (Å²) in [6, 6.07) is 2.05. The van der Waals surface area contributed by atoms with E-state index in [2.05, 4.69) is 36.0 Å². The first-order valence-electron chi connectivity index (χ1n) is 6.41. The molecule has 0 bridgehead atoms. The van der Waals surface area contributed by atoms with Crippen LogP contribution in [-0.4, -0.2) is 41.6 Å². The lowest BCUT2D eigenvalue weighted by Crippen LogP contribution is -2.34. The molecule has 1 aliphatic rings. The van der Waals surface area contributed by atoms with Crippen LogP contribution in [0.1, 0.15) is 26.6 Å². The molecule has 0 aromatic carbocycles. The van der Waals surface area contributed by atoms with E-state index in [1.165, 1.54) is 11.5 Å². The van der Waals surface area contributed by atoms with Crippen LogP contribution in [0.4, 0.5) is 11.6 Å². The molecule has 1 N–H and O–H groups in total. The predicted octanol–water partition coefficient (Wildman–Crippen LogP) is 2.37. The molecule has 0 saturated carbocycles. The normalized spacial score (nSPS) is 16.8. The Morgan fingerprint density at radius 1 is 1.22 bits per heavy atom. The van der Waals surface area contributed by atoms with Crippen LogP contribution in [0.25, 0.3) is 0 Å². The zero-order valence-electron chi connectivity index (χ0n) is 11.7. The van der Waals surface area contributed by atoms with E-state index < -0.39 is 0 Å². The van der Waals surface area contributed by atoms with Crippen molar-refractivity contribution in [1.82, 2.24) is 9.97 Å². The standard InChI is InChI=1S/C13H22N4S/c1-13(2,3)12-15-10(14-4)9-11(16-12)17-5-7-18-8-6-17/h9H,5-8H2,1-4H3,(H,14,15,16). The Balaban J connectivity index is 2.34. The largest absolute Gasteiger partial charge is 0.373 e. The highest BCUT2D eigenvalue weighted by atomic mass is 32.2. The second-order valence-electron chi connectivity index (χ2n) is 5.53. The number of nitrogens with zero attached hydrogens (tertiary/aromatic N) is 3. The Hall–Kier alpha value is -0.970. The summed E-state index contributed by atoms with van der Waals surface area (Å²) >= 11 is 2.01. The molecular formula is C13H22N4S. The Labute approximate surface area is 114 Å². The third kappa shape index (κ3) is 3.07. The minimum Gasteiger partial charge on any atom is -0.373 e. The Kier molecular flexibility index (Phi) is 4.00. The van der Waals surface area contributed by atoms with Gasteiger partial charge in [-0.05, 0) is 0 Å². The number of hydrogen-bond donors (Lipinski definition) is 1. The van der Waals surface area contributed by atoms with Crippen molar-refractivity contribution in [3.05, 3.63) is 11.9 Å². The Morgan fingerprint density at radius 2 is 1.89 bits per heavy atom. The molecule has 0 atom stereocenters.